The van der Waals surface area contributed by atoms with Crippen LogP contribution in [-0.2, 0) is 17.6 Å². The number of pyridine rings is 1. The number of nitrogens with zero attached hydrogens (tertiary/aromatic N) is 3. The molecular formula is C22H18N4O2S. The van der Waals surface area contributed by atoms with E-state index in [2.05, 4.69) is 26.6 Å². The first-order valence-corrected chi connectivity index (χ1v) is 9.97. The van der Waals surface area contributed by atoms with Crippen molar-refractivity contribution in [3.63, 3.8) is 0 Å². The molecule has 4 rings (SSSR count). The van der Waals surface area contributed by atoms with Crippen LogP contribution < -0.4 is 5.32 Å². The van der Waals surface area contributed by atoms with E-state index in [9.17, 15) is 4.79 Å². The summed E-state index contributed by atoms with van der Waals surface area (Å²) in [4.78, 5) is 17.6. The first-order chi connectivity index (χ1) is 14.3. The molecule has 3 aromatic heterocycles. The van der Waals surface area contributed by atoms with E-state index in [4.69, 9.17) is 4.42 Å². The van der Waals surface area contributed by atoms with E-state index in [0.29, 0.717) is 12.3 Å². The van der Waals surface area contributed by atoms with Crippen molar-refractivity contribution in [2.75, 3.05) is 5.32 Å². The molecule has 1 N–H and O–H groups in total. The second kappa shape index (κ2) is 9.07. The van der Waals surface area contributed by atoms with Gasteiger partial charge in [-0.05, 0) is 47.7 Å². The van der Waals surface area contributed by atoms with Gasteiger partial charge in [0.1, 0.15) is 0 Å². The number of thiophene rings is 1. The third-order valence-electron chi connectivity index (χ3n) is 4.31. The predicted octanol–water partition coefficient (Wildman–Crippen LogP) is 4.63. The van der Waals surface area contributed by atoms with Gasteiger partial charge in [0.05, 0.1) is 0 Å². The van der Waals surface area contributed by atoms with Gasteiger partial charge in [0, 0.05) is 46.6 Å². The van der Waals surface area contributed by atoms with E-state index in [1.54, 1.807) is 29.8 Å². The smallest absolute Gasteiger partial charge is 0.248 e. The Balaban J connectivity index is 1.36. The molecule has 0 aliphatic rings. The maximum Gasteiger partial charge on any atom is 0.248 e. The maximum atomic E-state index is 12.3. The average molecular weight is 402 g/mol. The topological polar surface area (TPSA) is 80.9 Å². The van der Waals surface area contributed by atoms with Crippen LogP contribution in [0.4, 0.5) is 5.69 Å². The maximum absolute atomic E-state index is 12.3. The molecule has 4 aromatic rings. The van der Waals surface area contributed by atoms with Crippen molar-refractivity contribution < 1.29 is 9.21 Å². The molecule has 0 aliphatic heterocycles. The molecule has 0 bridgehead atoms. The van der Waals surface area contributed by atoms with Gasteiger partial charge >= 0.3 is 0 Å². The molecule has 1 aromatic carbocycles. The van der Waals surface area contributed by atoms with Gasteiger partial charge in [0.2, 0.25) is 18.2 Å². The summed E-state index contributed by atoms with van der Waals surface area (Å²) in [6, 6.07) is 13.7. The zero-order valence-electron chi connectivity index (χ0n) is 15.5. The first kappa shape index (κ1) is 18.8. The molecule has 0 unspecified atom stereocenters. The number of carbonyl (C=O) groups is 1. The van der Waals surface area contributed by atoms with E-state index in [1.807, 2.05) is 41.8 Å². The first-order valence-electron chi connectivity index (χ1n) is 9.09. The minimum Gasteiger partial charge on any atom is -0.428 e. The van der Waals surface area contributed by atoms with Gasteiger partial charge in [-0.25, -0.2) is 0 Å². The highest BCUT2D eigenvalue weighted by atomic mass is 32.1. The number of aromatic nitrogens is 3. The second-order valence-corrected chi connectivity index (χ2v) is 7.24. The van der Waals surface area contributed by atoms with Crippen molar-refractivity contribution in [2.45, 2.75) is 12.8 Å². The van der Waals surface area contributed by atoms with Gasteiger partial charge in [-0.15, -0.1) is 21.5 Å². The third-order valence-corrected chi connectivity index (χ3v) is 5.21. The molecular weight excluding hydrogens is 384 g/mol. The molecule has 0 aliphatic carbocycles. The summed E-state index contributed by atoms with van der Waals surface area (Å²) < 4.78 is 5.14. The minimum absolute atomic E-state index is 0.190. The van der Waals surface area contributed by atoms with E-state index >= 15 is 0 Å². The molecule has 0 radical (unpaired) electrons. The van der Waals surface area contributed by atoms with Gasteiger partial charge in [-0.1, -0.05) is 18.2 Å². The zero-order valence-corrected chi connectivity index (χ0v) is 16.3. The van der Waals surface area contributed by atoms with Crippen LogP contribution in [0.1, 0.15) is 17.0 Å². The summed E-state index contributed by atoms with van der Waals surface area (Å²) in [5, 5.41) is 12.4. The summed E-state index contributed by atoms with van der Waals surface area (Å²) in [6.45, 7) is 0. The number of anilines is 1. The lowest BCUT2D eigenvalue weighted by Crippen LogP contribution is -2.07. The van der Waals surface area contributed by atoms with Crippen LogP contribution in [0.5, 0.6) is 0 Å². The van der Waals surface area contributed by atoms with Crippen molar-refractivity contribution in [1.29, 1.82) is 0 Å². The lowest BCUT2D eigenvalue weighted by molar-refractivity contribution is -0.111. The quantitative estimate of drug-likeness (QED) is 0.456. The summed E-state index contributed by atoms with van der Waals surface area (Å²) in [5.41, 5.74) is 3.84. The summed E-state index contributed by atoms with van der Waals surface area (Å²) in [6.07, 6.45) is 9.64. The van der Waals surface area contributed by atoms with Gasteiger partial charge in [0.15, 0.2) is 0 Å². The number of amides is 1. The van der Waals surface area contributed by atoms with Crippen LogP contribution in [0.25, 0.3) is 16.5 Å². The standard InChI is InChI=1S/C22H18N4O2S/c27-21(9-6-17-14-23-12-11-19(17)20-2-1-13-29-20)25-18-7-3-16(4-8-18)5-10-22-26-24-15-28-22/h1-4,6-9,11-15H,5,10H2,(H,25,27). The largest absolute Gasteiger partial charge is 0.428 e. The fourth-order valence-corrected chi connectivity index (χ4v) is 3.63. The average Bonchev–Trinajstić information content (AvgIpc) is 3.46. The van der Waals surface area contributed by atoms with E-state index < -0.39 is 0 Å². The Morgan fingerprint density at radius 2 is 2.03 bits per heavy atom. The number of nitrogens with one attached hydrogen (secondary N) is 1. The Kier molecular flexibility index (Phi) is 5.87. The molecule has 1 amide bonds. The highest BCUT2D eigenvalue weighted by molar-refractivity contribution is 7.13. The Morgan fingerprint density at radius 1 is 1.14 bits per heavy atom. The fourth-order valence-electron chi connectivity index (χ4n) is 2.86. The predicted molar refractivity (Wildman–Crippen MR) is 113 cm³/mol. The highest BCUT2D eigenvalue weighted by Crippen LogP contribution is 2.28. The lowest BCUT2D eigenvalue weighted by atomic mass is 10.1. The normalized spacial score (nSPS) is 11.0. The number of hydrogen-bond donors (Lipinski definition) is 1. The molecule has 3 heterocycles. The Labute approximate surface area is 172 Å². The summed E-state index contributed by atoms with van der Waals surface area (Å²) in [5.74, 6) is 0.425. The van der Waals surface area contributed by atoms with Crippen LogP contribution in [0.3, 0.4) is 0 Å². The van der Waals surface area contributed by atoms with Crippen molar-refractivity contribution in [2.24, 2.45) is 0 Å². The van der Waals surface area contributed by atoms with Crippen molar-refractivity contribution >= 4 is 29.0 Å². The van der Waals surface area contributed by atoms with Gasteiger partial charge in [-0.3, -0.25) is 9.78 Å². The number of carbonyl (C=O) groups excluding carboxylic acids is 1. The molecule has 0 atom stereocenters. The highest BCUT2D eigenvalue weighted by Gasteiger charge is 2.05. The van der Waals surface area contributed by atoms with E-state index in [1.165, 1.54) is 12.5 Å². The SMILES string of the molecule is O=C(C=Cc1cnccc1-c1cccs1)Nc1ccc(CCc2nnco2)cc1. The number of benzene rings is 1. The van der Waals surface area contributed by atoms with Gasteiger partial charge in [0.25, 0.3) is 0 Å². The van der Waals surface area contributed by atoms with Crippen LogP contribution >= 0.6 is 11.3 Å². The Hall–Kier alpha value is -3.58. The monoisotopic (exact) mass is 402 g/mol. The molecule has 0 saturated heterocycles. The Bertz CT molecular complexity index is 1090. The van der Waals surface area contributed by atoms with E-state index in [0.717, 1.165) is 33.7 Å². The minimum atomic E-state index is -0.190. The number of hydrogen-bond acceptors (Lipinski definition) is 6. The molecule has 0 spiro atoms. The van der Waals surface area contributed by atoms with Crippen LogP contribution in [0.2, 0.25) is 0 Å². The number of aryl methyl sites for hydroxylation is 2. The van der Waals surface area contributed by atoms with Crippen molar-refractivity contribution in [3.05, 3.63) is 89.7 Å². The fraction of sp³-hybridized carbons (Fsp3) is 0.0909. The molecule has 0 saturated carbocycles. The molecule has 6 nitrogen and oxygen atoms in total. The molecule has 0 fully saturated rings. The van der Waals surface area contributed by atoms with Gasteiger partial charge < -0.3 is 9.73 Å². The molecule has 29 heavy (non-hydrogen) atoms. The zero-order chi connectivity index (χ0) is 19.9. The van der Waals surface area contributed by atoms with Crippen LogP contribution in [0, 0.1) is 0 Å². The third kappa shape index (κ3) is 5.03. The van der Waals surface area contributed by atoms with Gasteiger partial charge in [-0.2, -0.15) is 0 Å². The summed E-state index contributed by atoms with van der Waals surface area (Å²) >= 11 is 1.66. The van der Waals surface area contributed by atoms with E-state index in [-0.39, 0.29) is 5.91 Å². The lowest BCUT2D eigenvalue weighted by Gasteiger charge is -2.05. The summed E-state index contributed by atoms with van der Waals surface area (Å²) in [7, 11) is 0. The molecule has 7 heteroatoms. The van der Waals surface area contributed by atoms with Crippen molar-refractivity contribution in [3.8, 4) is 10.4 Å². The van der Waals surface area contributed by atoms with Crippen molar-refractivity contribution in [1.82, 2.24) is 15.2 Å². The van der Waals surface area contributed by atoms with Crippen LogP contribution in [0.15, 0.2) is 77.1 Å². The second-order valence-electron chi connectivity index (χ2n) is 6.29. The Morgan fingerprint density at radius 3 is 2.79 bits per heavy atom. The molecule has 144 valence electrons. The van der Waals surface area contributed by atoms with Crippen LogP contribution in [-0.4, -0.2) is 21.1 Å². The number of rotatable bonds is 7.